The summed E-state index contributed by atoms with van der Waals surface area (Å²) in [5.74, 6) is -0.600. The standard InChI is InChI=1S/C21H18FN5OS/c22-17-5-2-1-4-15(17)12-20(28)25-9-10-27-21(19-6-3-11-29-19)16(13-26-27)18-14-23-7-8-24-18/h1-8,11,13-14H,9-10,12H2,(H,25,28). The van der Waals surface area contributed by atoms with Gasteiger partial charge in [0.15, 0.2) is 0 Å². The molecule has 0 aliphatic rings. The lowest BCUT2D eigenvalue weighted by atomic mass is 10.1. The van der Waals surface area contributed by atoms with Crippen LogP contribution >= 0.6 is 11.3 Å². The second-order valence-electron chi connectivity index (χ2n) is 6.32. The van der Waals surface area contributed by atoms with Crippen molar-refractivity contribution in [3.63, 3.8) is 0 Å². The van der Waals surface area contributed by atoms with Gasteiger partial charge in [-0.05, 0) is 23.1 Å². The molecule has 1 amide bonds. The molecule has 0 fully saturated rings. The summed E-state index contributed by atoms with van der Waals surface area (Å²) in [6.45, 7) is 0.865. The third-order valence-corrected chi connectivity index (χ3v) is 5.26. The van der Waals surface area contributed by atoms with Crippen LogP contribution in [0.25, 0.3) is 21.8 Å². The Labute approximate surface area is 171 Å². The fourth-order valence-electron chi connectivity index (χ4n) is 3.03. The number of thiophene rings is 1. The Bertz CT molecular complexity index is 1100. The van der Waals surface area contributed by atoms with E-state index in [1.54, 1.807) is 54.3 Å². The predicted octanol–water partition coefficient (Wildman–Crippen LogP) is 3.57. The van der Waals surface area contributed by atoms with Crippen molar-refractivity contribution < 1.29 is 9.18 Å². The summed E-state index contributed by atoms with van der Waals surface area (Å²) in [4.78, 5) is 21.7. The highest BCUT2D eigenvalue weighted by molar-refractivity contribution is 7.13. The van der Waals surface area contributed by atoms with Gasteiger partial charge < -0.3 is 5.32 Å². The van der Waals surface area contributed by atoms with Gasteiger partial charge >= 0.3 is 0 Å². The van der Waals surface area contributed by atoms with Crippen molar-refractivity contribution in [3.8, 4) is 21.8 Å². The lowest BCUT2D eigenvalue weighted by Gasteiger charge is -2.10. The molecule has 4 rings (SSSR count). The van der Waals surface area contributed by atoms with E-state index < -0.39 is 0 Å². The van der Waals surface area contributed by atoms with Crippen LogP contribution in [0.5, 0.6) is 0 Å². The average Bonchev–Trinajstić information content (AvgIpc) is 3.40. The topological polar surface area (TPSA) is 72.7 Å². The molecule has 4 aromatic rings. The molecule has 0 radical (unpaired) electrons. The van der Waals surface area contributed by atoms with E-state index in [9.17, 15) is 9.18 Å². The normalized spacial score (nSPS) is 10.8. The quantitative estimate of drug-likeness (QED) is 0.508. The molecule has 8 heteroatoms. The van der Waals surface area contributed by atoms with Crippen molar-refractivity contribution in [2.24, 2.45) is 0 Å². The zero-order valence-corrected chi connectivity index (χ0v) is 16.3. The van der Waals surface area contributed by atoms with Crippen LogP contribution in [0.2, 0.25) is 0 Å². The van der Waals surface area contributed by atoms with Gasteiger partial charge in [-0.2, -0.15) is 5.10 Å². The number of carbonyl (C=O) groups excluding carboxylic acids is 1. The number of hydrogen-bond acceptors (Lipinski definition) is 5. The smallest absolute Gasteiger partial charge is 0.224 e. The molecule has 0 saturated heterocycles. The van der Waals surface area contributed by atoms with Gasteiger partial charge in [-0.15, -0.1) is 11.3 Å². The van der Waals surface area contributed by atoms with Crippen LogP contribution < -0.4 is 5.32 Å². The third kappa shape index (κ3) is 4.38. The number of rotatable bonds is 7. The van der Waals surface area contributed by atoms with Crippen LogP contribution in [0.1, 0.15) is 5.56 Å². The molecule has 3 heterocycles. The maximum absolute atomic E-state index is 13.7. The second kappa shape index (κ2) is 8.74. The molecule has 3 aromatic heterocycles. The summed E-state index contributed by atoms with van der Waals surface area (Å²) in [5, 5.41) is 9.33. The van der Waals surface area contributed by atoms with Crippen LogP contribution in [0.3, 0.4) is 0 Å². The molecule has 0 atom stereocenters. The van der Waals surface area contributed by atoms with E-state index in [1.165, 1.54) is 6.07 Å². The van der Waals surface area contributed by atoms with Crippen molar-refractivity contribution >= 4 is 17.2 Å². The second-order valence-corrected chi connectivity index (χ2v) is 7.26. The first-order chi connectivity index (χ1) is 14.2. The fourth-order valence-corrected chi connectivity index (χ4v) is 3.82. The minimum Gasteiger partial charge on any atom is -0.354 e. The number of halogens is 1. The molecule has 0 unspecified atom stereocenters. The molecular weight excluding hydrogens is 389 g/mol. The Morgan fingerprint density at radius 1 is 1.14 bits per heavy atom. The number of nitrogens with zero attached hydrogens (tertiary/aromatic N) is 4. The van der Waals surface area contributed by atoms with Gasteiger partial charge in [0.2, 0.25) is 5.91 Å². The predicted molar refractivity (Wildman–Crippen MR) is 110 cm³/mol. The van der Waals surface area contributed by atoms with E-state index in [0.717, 1.165) is 21.8 Å². The number of nitrogens with one attached hydrogen (secondary N) is 1. The average molecular weight is 407 g/mol. The van der Waals surface area contributed by atoms with Crippen LogP contribution in [-0.2, 0) is 17.8 Å². The van der Waals surface area contributed by atoms with Crippen LogP contribution in [0.15, 0.2) is 66.6 Å². The molecule has 0 spiro atoms. The van der Waals surface area contributed by atoms with E-state index in [2.05, 4.69) is 20.4 Å². The van der Waals surface area contributed by atoms with Crippen molar-refractivity contribution in [3.05, 3.63) is 77.9 Å². The van der Waals surface area contributed by atoms with Crippen LogP contribution in [0, 0.1) is 5.82 Å². The Morgan fingerprint density at radius 3 is 2.79 bits per heavy atom. The number of benzene rings is 1. The molecule has 0 bridgehead atoms. The van der Waals surface area contributed by atoms with Gasteiger partial charge in [0.05, 0.1) is 41.6 Å². The summed E-state index contributed by atoms with van der Waals surface area (Å²) >= 11 is 1.61. The molecule has 6 nitrogen and oxygen atoms in total. The lowest BCUT2D eigenvalue weighted by molar-refractivity contribution is -0.120. The number of aromatic nitrogens is 4. The van der Waals surface area contributed by atoms with E-state index in [-0.39, 0.29) is 18.1 Å². The SMILES string of the molecule is O=C(Cc1ccccc1F)NCCn1ncc(-c2cnccn2)c1-c1cccs1. The van der Waals surface area contributed by atoms with Crippen molar-refractivity contribution in [2.45, 2.75) is 13.0 Å². The highest BCUT2D eigenvalue weighted by atomic mass is 32.1. The summed E-state index contributed by atoms with van der Waals surface area (Å²) in [7, 11) is 0. The van der Waals surface area contributed by atoms with Gasteiger partial charge in [-0.3, -0.25) is 19.4 Å². The van der Waals surface area contributed by atoms with Crippen molar-refractivity contribution in [2.75, 3.05) is 6.54 Å². The van der Waals surface area contributed by atoms with Crippen molar-refractivity contribution in [1.82, 2.24) is 25.1 Å². The highest BCUT2D eigenvalue weighted by Gasteiger charge is 2.17. The van der Waals surface area contributed by atoms with Gasteiger partial charge in [0, 0.05) is 24.5 Å². The Balaban J connectivity index is 1.47. The van der Waals surface area contributed by atoms with E-state index in [0.29, 0.717) is 18.7 Å². The monoisotopic (exact) mass is 407 g/mol. The minimum atomic E-state index is -0.372. The Hall–Kier alpha value is -3.39. The Kier molecular flexibility index (Phi) is 5.71. The first-order valence-corrected chi connectivity index (χ1v) is 9.96. The largest absolute Gasteiger partial charge is 0.354 e. The van der Waals surface area contributed by atoms with Gasteiger partial charge in [-0.1, -0.05) is 24.3 Å². The number of carbonyl (C=O) groups is 1. The zero-order chi connectivity index (χ0) is 20.1. The molecule has 29 heavy (non-hydrogen) atoms. The summed E-state index contributed by atoms with van der Waals surface area (Å²) in [5.41, 5.74) is 2.95. The maximum atomic E-state index is 13.7. The Morgan fingerprint density at radius 2 is 2.03 bits per heavy atom. The third-order valence-electron chi connectivity index (χ3n) is 4.39. The molecule has 146 valence electrons. The summed E-state index contributed by atoms with van der Waals surface area (Å²) in [6, 6.07) is 10.3. The number of hydrogen-bond donors (Lipinski definition) is 1. The van der Waals surface area contributed by atoms with E-state index in [4.69, 9.17) is 0 Å². The van der Waals surface area contributed by atoms with Gasteiger partial charge in [-0.25, -0.2) is 4.39 Å². The summed E-state index contributed by atoms with van der Waals surface area (Å²) < 4.78 is 15.6. The molecule has 1 N–H and O–H groups in total. The zero-order valence-electron chi connectivity index (χ0n) is 15.5. The summed E-state index contributed by atoms with van der Waals surface area (Å²) in [6.07, 6.45) is 6.75. The highest BCUT2D eigenvalue weighted by Crippen LogP contribution is 2.33. The first kappa shape index (κ1) is 18.9. The van der Waals surface area contributed by atoms with Crippen molar-refractivity contribution in [1.29, 1.82) is 0 Å². The first-order valence-electron chi connectivity index (χ1n) is 9.08. The molecule has 0 saturated carbocycles. The lowest BCUT2D eigenvalue weighted by Crippen LogP contribution is -2.29. The van der Waals surface area contributed by atoms with E-state index in [1.807, 2.05) is 22.2 Å². The molecule has 0 aliphatic heterocycles. The van der Waals surface area contributed by atoms with Crippen LogP contribution in [-0.4, -0.2) is 32.2 Å². The minimum absolute atomic E-state index is 0.00835. The van der Waals surface area contributed by atoms with Gasteiger partial charge in [0.1, 0.15) is 5.82 Å². The molecular formula is C21H18FN5OS. The van der Waals surface area contributed by atoms with Gasteiger partial charge in [0.25, 0.3) is 0 Å². The number of amides is 1. The molecule has 0 aliphatic carbocycles. The molecule has 1 aromatic carbocycles. The van der Waals surface area contributed by atoms with Crippen LogP contribution in [0.4, 0.5) is 4.39 Å². The maximum Gasteiger partial charge on any atom is 0.224 e. The fraction of sp³-hybridized carbons (Fsp3) is 0.143. The van der Waals surface area contributed by atoms with E-state index >= 15 is 0 Å².